The SMILES string of the molecule is CNC(C(=O)Nc1nc(-c2cc(C)ccc2OC)cs1)c1cnn(C)c1.Cl. The predicted octanol–water partition coefficient (Wildman–Crippen LogP) is 3.18. The zero-order chi connectivity index (χ0) is 18.7. The zero-order valence-corrected chi connectivity index (χ0v) is 17.1. The molecule has 1 unspecified atom stereocenters. The van der Waals surface area contributed by atoms with Gasteiger partial charge in [0.1, 0.15) is 11.8 Å². The topological polar surface area (TPSA) is 81.1 Å². The Kier molecular flexibility index (Phi) is 6.95. The van der Waals surface area contributed by atoms with Crippen molar-refractivity contribution in [3.63, 3.8) is 0 Å². The van der Waals surface area contributed by atoms with Crippen LogP contribution >= 0.6 is 23.7 Å². The summed E-state index contributed by atoms with van der Waals surface area (Å²) in [6.07, 6.45) is 3.48. The molecule has 0 aliphatic heterocycles. The van der Waals surface area contributed by atoms with Gasteiger partial charge in [0.25, 0.3) is 0 Å². The summed E-state index contributed by atoms with van der Waals surface area (Å²) in [5.41, 5.74) is 3.59. The van der Waals surface area contributed by atoms with E-state index in [9.17, 15) is 4.79 Å². The number of ether oxygens (including phenoxy) is 1. The second kappa shape index (κ2) is 8.98. The summed E-state index contributed by atoms with van der Waals surface area (Å²) in [7, 11) is 5.19. The number of amides is 1. The first-order valence-electron chi connectivity index (χ1n) is 8.09. The number of carbonyl (C=O) groups excluding carboxylic acids is 1. The third kappa shape index (κ3) is 4.65. The van der Waals surface area contributed by atoms with Crippen LogP contribution in [0.1, 0.15) is 17.2 Å². The van der Waals surface area contributed by atoms with Gasteiger partial charge in [0.15, 0.2) is 5.13 Å². The van der Waals surface area contributed by atoms with Gasteiger partial charge in [-0.05, 0) is 26.1 Å². The van der Waals surface area contributed by atoms with Crippen molar-refractivity contribution in [3.05, 3.63) is 47.1 Å². The number of aryl methyl sites for hydroxylation is 2. The van der Waals surface area contributed by atoms with Crippen LogP contribution in [0.2, 0.25) is 0 Å². The van der Waals surface area contributed by atoms with Gasteiger partial charge >= 0.3 is 0 Å². The Morgan fingerprint density at radius 3 is 2.78 bits per heavy atom. The standard InChI is InChI=1S/C18H21N5O2S.ClH/c1-11-5-6-15(25-4)13(7-11)14-10-26-18(21-14)22-17(24)16(19-2)12-8-20-23(3)9-12;/h5-10,16,19H,1-4H3,(H,21,22,24);1H. The van der Waals surface area contributed by atoms with Crippen LogP contribution in [-0.2, 0) is 11.8 Å². The molecule has 0 aliphatic rings. The first-order valence-corrected chi connectivity index (χ1v) is 8.97. The molecule has 2 heterocycles. The molecule has 1 atom stereocenters. The molecule has 0 fully saturated rings. The van der Waals surface area contributed by atoms with E-state index in [-0.39, 0.29) is 18.3 Å². The molecule has 0 spiro atoms. The summed E-state index contributed by atoms with van der Waals surface area (Å²) in [6.45, 7) is 2.02. The van der Waals surface area contributed by atoms with Gasteiger partial charge in [-0.15, -0.1) is 23.7 Å². The number of rotatable bonds is 6. The van der Waals surface area contributed by atoms with Crippen LogP contribution in [0.5, 0.6) is 5.75 Å². The summed E-state index contributed by atoms with van der Waals surface area (Å²) in [5.74, 6) is 0.569. The first-order chi connectivity index (χ1) is 12.5. The van der Waals surface area contributed by atoms with E-state index in [4.69, 9.17) is 4.74 Å². The smallest absolute Gasteiger partial charge is 0.247 e. The highest BCUT2D eigenvalue weighted by molar-refractivity contribution is 7.14. The number of aromatic nitrogens is 3. The number of hydrogen-bond acceptors (Lipinski definition) is 6. The largest absolute Gasteiger partial charge is 0.496 e. The molecule has 0 saturated heterocycles. The van der Waals surface area contributed by atoms with Gasteiger partial charge in [-0.25, -0.2) is 4.98 Å². The number of benzene rings is 1. The number of methoxy groups -OCH3 is 1. The Hall–Kier alpha value is -2.42. The number of thiazole rings is 1. The van der Waals surface area contributed by atoms with E-state index < -0.39 is 6.04 Å². The summed E-state index contributed by atoms with van der Waals surface area (Å²) in [4.78, 5) is 17.2. The van der Waals surface area contributed by atoms with Gasteiger partial charge in [0.05, 0.1) is 19.0 Å². The number of likely N-dealkylation sites (N-methyl/N-ethyl adjacent to an activating group) is 1. The lowest BCUT2D eigenvalue weighted by molar-refractivity contribution is -0.118. The second-order valence-corrected chi connectivity index (χ2v) is 6.76. The number of anilines is 1. The van der Waals surface area contributed by atoms with E-state index in [0.29, 0.717) is 5.13 Å². The molecule has 1 amide bonds. The van der Waals surface area contributed by atoms with Gasteiger partial charge in [-0.2, -0.15) is 5.10 Å². The Morgan fingerprint density at radius 1 is 1.37 bits per heavy atom. The molecule has 3 rings (SSSR count). The fourth-order valence-corrected chi connectivity index (χ4v) is 3.41. The average molecular weight is 408 g/mol. The van der Waals surface area contributed by atoms with Gasteiger partial charge < -0.3 is 15.4 Å². The lowest BCUT2D eigenvalue weighted by Gasteiger charge is -2.13. The van der Waals surface area contributed by atoms with E-state index in [1.54, 1.807) is 25.0 Å². The molecule has 1 aromatic carbocycles. The monoisotopic (exact) mass is 407 g/mol. The Morgan fingerprint density at radius 2 is 2.15 bits per heavy atom. The molecule has 27 heavy (non-hydrogen) atoms. The molecule has 0 radical (unpaired) electrons. The fourth-order valence-electron chi connectivity index (χ4n) is 2.69. The fraction of sp³-hybridized carbons (Fsp3) is 0.278. The Bertz CT molecular complexity index is 924. The normalized spacial score (nSPS) is 11.6. The predicted molar refractivity (Wildman–Crippen MR) is 110 cm³/mol. The highest BCUT2D eigenvalue weighted by Gasteiger charge is 2.21. The lowest BCUT2D eigenvalue weighted by Crippen LogP contribution is -2.30. The maximum absolute atomic E-state index is 12.6. The summed E-state index contributed by atoms with van der Waals surface area (Å²) in [6, 6.07) is 5.43. The molecule has 0 bridgehead atoms. The number of nitrogens with one attached hydrogen (secondary N) is 2. The van der Waals surface area contributed by atoms with Crippen molar-refractivity contribution >= 4 is 34.8 Å². The lowest BCUT2D eigenvalue weighted by atomic mass is 10.1. The van der Waals surface area contributed by atoms with Crippen molar-refractivity contribution < 1.29 is 9.53 Å². The van der Waals surface area contributed by atoms with Gasteiger partial charge in [0, 0.05) is 29.8 Å². The van der Waals surface area contributed by atoms with E-state index in [0.717, 1.165) is 28.1 Å². The number of hydrogen-bond donors (Lipinski definition) is 2. The van der Waals surface area contributed by atoms with Crippen LogP contribution < -0.4 is 15.4 Å². The van der Waals surface area contributed by atoms with E-state index in [2.05, 4.69) is 20.7 Å². The number of carbonyl (C=O) groups is 1. The molecule has 3 aromatic rings. The summed E-state index contributed by atoms with van der Waals surface area (Å²) >= 11 is 1.38. The quantitative estimate of drug-likeness (QED) is 0.655. The van der Waals surface area contributed by atoms with Crippen molar-refractivity contribution in [1.82, 2.24) is 20.1 Å². The van der Waals surface area contributed by atoms with Gasteiger partial charge in [0.2, 0.25) is 5.91 Å². The molecular weight excluding hydrogens is 386 g/mol. The van der Waals surface area contributed by atoms with Crippen molar-refractivity contribution in [2.75, 3.05) is 19.5 Å². The highest BCUT2D eigenvalue weighted by Crippen LogP contribution is 2.33. The minimum atomic E-state index is -0.496. The molecule has 144 valence electrons. The molecule has 2 aromatic heterocycles. The summed E-state index contributed by atoms with van der Waals surface area (Å²) < 4.78 is 7.08. The molecule has 9 heteroatoms. The van der Waals surface area contributed by atoms with Crippen LogP contribution in [-0.4, -0.2) is 34.8 Å². The molecule has 0 aliphatic carbocycles. The number of halogens is 1. The van der Waals surface area contributed by atoms with Crippen molar-refractivity contribution in [2.24, 2.45) is 7.05 Å². The summed E-state index contributed by atoms with van der Waals surface area (Å²) in [5, 5.41) is 12.4. The minimum absolute atomic E-state index is 0. The van der Waals surface area contributed by atoms with E-state index in [1.807, 2.05) is 43.7 Å². The van der Waals surface area contributed by atoms with Crippen LogP contribution in [0, 0.1) is 6.92 Å². The molecule has 0 saturated carbocycles. The molecule has 7 nitrogen and oxygen atoms in total. The third-order valence-electron chi connectivity index (χ3n) is 3.97. The van der Waals surface area contributed by atoms with E-state index >= 15 is 0 Å². The van der Waals surface area contributed by atoms with Crippen LogP contribution in [0.4, 0.5) is 5.13 Å². The maximum Gasteiger partial charge on any atom is 0.247 e. The van der Waals surface area contributed by atoms with Gasteiger partial charge in [-0.3, -0.25) is 9.48 Å². The third-order valence-corrected chi connectivity index (χ3v) is 4.73. The average Bonchev–Trinajstić information content (AvgIpc) is 3.25. The Labute approximate surface area is 168 Å². The Balaban J connectivity index is 0.00000261. The van der Waals surface area contributed by atoms with Crippen molar-refractivity contribution in [1.29, 1.82) is 0 Å². The maximum atomic E-state index is 12.6. The van der Waals surface area contributed by atoms with Crippen LogP contribution in [0.3, 0.4) is 0 Å². The highest BCUT2D eigenvalue weighted by atomic mass is 35.5. The minimum Gasteiger partial charge on any atom is -0.496 e. The van der Waals surface area contributed by atoms with Crippen molar-refractivity contribution in [2.45, 2.75) is 13.0 Å². The van der Waals surface area contributed by atoms with Gasteiger partial charge in [-0.1, -0.05) is 11.6 Å². The van der Waals surface area contributed by atoms with Crippen LogP contribution in [0.15, 0.2) is 36.0 Å². The molecule has 2 N–H and O–H groups in total. The first kappa shape index (κ1) is 20.9. The van der Waals surface area contributed by atoms with Crippen molar-refractivity contribution in [3.8, 4) is 17.0 Å². The molecular formula is C18H22ClN5O2S. The second-order valence-electron chi connectivity index (χ2n) is 5.90. The van der Waals surface area contributed by atoms with E-state index in [1.165, 1.54) is 11.3 Å². The van der Waals surface area contributed by atoms with Crippen LogP contribution in [0.25, 0.3) is 11.3 Å². The number of nitrogens with zero attached hydrogens (tertiary/aromatic N) is 3. The zero-order valence-electron chi connectivity index (χ0n) is 15.5.